The molecule has 3 aromatic rings. The van der Waals surface area contributed by atoms with E-state index in [0.29, 0.717) is 27.2 Å². The zero-order valence-corrected chi connectivity index (χ0v) is 19.1. The maximum absolute atomic E-state index is 13.4. The number of fused-ring (bicyclic) bond motifs is 1. The van der Waals surface area contributed by atoms with Crippen LogP contribution in [0, 0.1) is 0 Å². The zero-order chi connectivity index (χ0) is 22.0. The molecule has 160 valence electrons. The molecule has 0 bridgehead atoms. The number of rotatable bonds is 6. The third-order valence-corrected chi connectivity index (χ3v) is 6.70. The Labute approximate surface area is 187 Å². The van der Waals surface area contributed by atoms with Gasteiger partial charge in [-0.05, 0) is 56.0 Å². The van der Waals surface area contributed by atoms with E-state index in [1.807, 2.05) is 54.8 Å². The minimum atomic E-state index is -0.549. The lowest BCUT2D eigenvalue weighted by Crippen LogP contribution is -2.39. The molecule has 1 aliphatic heterocycles. The average Bonchev–Trinajstić information content (AvgIpc) is 3.37. The fraction of sp³-hybridized carbons (Fsp3) is 0.261. The molecule has 0 fully saturated rings. The first kappa shape index (κ1) is 21.3. The van der Waals surface area contributed by atoms with Crippen LogP contribution < -0.4 is 19.6 Å². The fourth-order valence-electron chi connectivity index (χ4n) is 3.52. The average molecular weight is 455 g/mol. The minimum Gasteiger partial charge on any atom is -0.494 e. The van der Waals surface area contributed by atoms with Gasteiger partial charge in [0.25, 0.3) is 5.56 Å². The highest BCUT2D eigenvalue weighted by molar-refractivity contribution is 7.10. The first-order valence-electron chi connectivity index (χ1n) is 9.99. The van der Waals surface area contributed by atoms with Crippen LogP contribution in [0.2, 0.25) is 0 Å². The molecule has 2 aromatic heterocycles. The molecule has 0 radical (unpaired) electrons. The van der Waals surface area contributed by atoms with Crippen molar-refractivity contribution in [1.29, 1.82) is 0 Å². The third-order valence-electron chi connectivity index (χ3n) is 4.80. The highest BCUT2D eigenvalue weighted by atomic mass is 32.1. The summed E-state index contributed by atoms with van der Waals surface area (Å²) >= 11 is 2.81. The van der Waals surface area contributed by atoms with Crippen LogP contribution in [0.25, 0.3) is 6.08 Å². The third kappa shape index (κ3) is 4.13. The van der Waals surface area contributed by atoms with Crippen molar-refractivity contribution in [2.24, 2.45) is 4.99 Å². The smallest absolute Gasteiger partial charge is 0.338 e. The lowest BCUT2D eigenvalue weighted by atomic mass is 10.0. The summed E-state index contributed by atoms with van der Waals surface area (Å²) in [5, 5.41) is 1.93. The van der Waals surface area contributed by atoms with Crippen LogP contribution in [0.1, 0.15) is 37.3 Å². The van der Waals surface area contributed by atoms with E-state index in [2.05, 4.69) is 4.99 Å². The van der Waals surface area contributed by atoms with Crippen LogP contribution >= 0.6 is 22.7 Å². The molecule has 0 unspecified atom stereocenters. The van der Waals surface area contributed by atoms with Crippen LogP contribution in [0.15, 0.2) is 62.8 Å². The standard InChI is InChI=1S/C23H22N2O4S2/c1-4-28-16-9-6-8-15(12-16)13-18-21(26)25-20(17-10-7-11-30-17)19(22(27)29-5-2)14(3)24-23(25)31-18/h6-13,20H,4-5H2,1-3H3/b18-13-/t20-/m1/s1. The van der Waals surface area contributed by atoms with E-state index in [4.69, 9.17) is 9.47 Å². The van der Waals surface area contributed by atoms with Crippen LogP contribution in [-0.2, 0) is 9.53 Å². The second-order valence-corrected chi connectivity index (χ2v) is 8.81. The van der Waals surface area contributed by atoms with Gasteiger partial charge in [-0.1, -0.05) is 29.5 Å². The summed E-state index contributed by atoms with van der Waals surface area (Å²) in [4.78, 5) is 32.3. The molecule has 4 rings (SSSR count). The maximum Gasteiger partial charge on any atom is 0.338 e. The van der Waals surface area contributed by atoms with Gasteiger partial charge in [-0.15, -0.1) is 11.3 Å². The Morgan fingerprint density at radius 1 is 1.23 bits per heavy atom. The quantitative estimate of drug-likeness (QED) is 0.536. The predicted molar refractivity (Wildman–Crippen MR) is 122 cm³/mol. The molecule has 1 atom stereocenters. The Morgan fingerprint density at radius 3 is 2.77 bits per heavy atom. The highest BCUT2D eigenvalue weighted by Crippen LogP contribution is 2.33. The van der Waals surface area contributed by atoms with Crippen molar-refractivity contribution in [2.75, 3.05) is 13.2 Å². The maximum atomic E-state index is 13.4. The van der Waals surface area contributed by atoms with Gasteiger partial charge >= 0.3 is 5.97 Å². The summed E-state index contributed by atoms with van der Waals surface area (Å²) in [5.74, 6) is 0.307. The Kier molecular flexibility index (Phi) is 6.20. The summed E-state index contributed by atoms with van der Waals surface area (Å²) in [6.07, 6.45) is 1.83. The molecule has 0 amide bonds. The topological polar surface area (TPSA) is 69.9 Å². The molecule has 8 heteroatoms. The number of thiophene rings is 1. The first-order chi connectivity index (χ1) is 15.0. The molecule has 0 N–H and O–H groups in total. The van der Waals surface area contributed by atoms with E-state index in [1.54, 1.807) is 18.4 Å². The van der Waals surface area contributed by atoms with E-state index < -0.39 is 12.0 Å². The van der Waals surface area contributed by atoms with Crippen LogP contribution in [0.3, 0.4) is 0 Å². The van der Waals surface area contributed by atoms with E-state index in [9.17, 15) is 9.59 Å². The fourth-order valence-corrected chi connectivity index (χ4v) is 5.39. The minimum absolute atomic E-state index is 0.182. The summed E-state index contributed by atoms with van der Waals surface area (Å²) in [7, 11) is 0. The SMILES string of the molecule is CCOC(=O)C1=C(C)N=c2s/c(=C\c3cccc(OCC)c3)c(=O)n2[C@@H]1c1cccs1. The second-order valence-electron chi connectivity index (χ2n) is 6.82. The summed E-state index contributed by atoms with van der Waals surface area (Å²) < 4.78 is 13.0. The lowest BCUT2D eigenvalue weighted by molar-refractivity contribution is -0.139. The number of hydrogen-bond donors (Lipinski definition) is 0. The monoisotopic (exact) mass is 454 g/mol. The van der Waals surface area contributed by atoms with Gasteiger partial charge in [0.1, 0.15) is 11.8 Å². The number of allylic oxidation sites excluding steroid dienone is 1. The number of nitrogens with zero attached hydrogens (tertiary/aromatic N) is 2. The Balaban J connectivity index is 1.89. The summed E-state index contributed by atoms with van der Waals surface area (Å²) in [6.45, 7) is 6.31. The van der Waals surface area contributed by atoms with Crippen LogP contribution in [-0.4, -0.2) is 23.8 Å². The molecular weight excluding hydrogens is 432 g/mol. The van der Waals surface area contributed by atoms with Gasteiger partial charge < -0.3 is 9.47 Å². The number of ether oxygens (including phenoxy) is 2. The van der Waals surface area contributed by atoms with E-state index >= 15 is 0 Å². The van der Waals surface area contributed by atoms with Crippen LogP contribution in [0.4, 0.5) is 0 Å². The molecular formula is C23H22N2O4S2. The van der Waals surface area contributed by atoms with Gasteiger partial charge in [-0.25, -0.2) is 9.79 Å². The Hall–Kier alpha value is -2.97. The summed E-state index contributed by atoms with van der Waals surface area (Å²) in [5.41, 5.74) is 1.66. The molecule has 31 heavy (non-hydrogen) atoms. The van der Waals surface area contributed by atoms with Gasteiger partial charge in [0, 0.05) is 4.88 Å². The largest absolute Gasteiger partial charge is 0.494 e. The Morgan fingerprint density at radius 2 is 2.06 bits per heavy atom. The van der Waals surface area contributed by atoms with Crippen LogP contribution in [0.5, 0.6) is 5.75 Å². The van der Waals surface area contributed by atoms with E-state index in [1.165, 1.54) is 22.7 Å². The van der Waals surface area contributed by atoms with E-state index in [-0.39, 0.29) is 12.2 Å². The van der Waals surface area contributed by atoms with Crippen molar-refractivity contribution in [2.45, 2.75) is 26.8 Å². The Bertz CT molecular complexity index is 1320. The number of esters is 1. The molecule has 0 aliphatic carbocycles. The van der Waals surface area contributed by atoms with Gasteiger partial charge in [0.05, 0.1) is 29.0 Å². The molecule has 0 spiro atoms. The van der Waals surface area contributed by atoms with E-state index in [0.717, 1.165) is 16.2 Å². The number of hydrogen-bond acceptors (Lipinski definition) is 7. The number of carbonyl (C=O) groups is 1. The van der Waals surface area contributed by atoms with Gasteiger partial charge in [0.2, 0.25) is 0 Å². The van der Waals surface area contributed by atoms with Gasteiger partial charge in [0.15, 0.2) is 4.80 Å². The van der Waals surface area contributed by atoms with Gasteiger partial charge in [-0.3, -0.25) is 9.36 Å². The zero-order valence-electron chi connectivity index (χ0n) is 17.5. The normalized spacial score (nSPS) is 16.1. The highest BCUT2D eigenvalue weighted by Gasteiger charge is 2.33. The molecule has 3 heterocycles. The van der Waals surface area contributed by atoms with Gasteiger partial charge in [-0.2, -0.15) is 0 Å². The number of aromatic nitrogens is 1. The molecule has 0 saturated carbocycles. The molecule has 0 saturated heterocycles. The number of thiazole rings is 1. The number of carbonyl (C=O) groups excluding carboxylic acids is 1. The number of benzene rings is 1. The van der Waals surface area contributed by atoms with Crippen molar-refractivity contribution in [3.8, 4) is 5.75 Å². The van der Waals surface area contributed by atoms with Crippen molar-refractivity contribution < 1.29 is 14.3 Å². The van der Waals surface area contributed by atoms with Crippen molar-refractivity contribution in [1.82, 2.24) is 4.57 Å². The molecule has 1 aromatic carbocycles. The van der Waals surface area contributed by atoms with Crippen molar-refractivity contribution >= 4 is 34.7 Å². The molecule has 6 nitrogen and oxygen atoms in total. The lowest BCUT2D eigenvalue weighted by Gasteiger charge is -2.23. The van der Waals surface area contributed by atoms with Crippen molar-refractivity contribution in [3.05, 3.63) is 83.2 Å². The molecule has 1 aliphatic rings. The predicted octanol–water partition coefficient (Wildman–Crippen LogP) is 3.26. The summed E-state index contributed by atoms with van der Waals surface area (Å²) in [6, 6.07) is 10.9. The first-order valence-corrected chi connectivity index (χ1v) is 11.7. The second kappa shape index (κ2) is 9.03. The van der Waals surface area contributed by atoms with Crippen molar-refractivity contribution in [3.63, 3.8) is 0 Å².